The molecule has 0 bridgehead atoms. The first-order chi connectivity index (χ1) is 21.5. The minimum Gasteiger partial charge on any atom is -1.00 e. The van der Waals surface area contributed by atoms with Crippen molar-refractivity contribution in [1.82, 2.24) is 0 Å². The van der Waals surface area contributed by atoms with E-state index in [4.69, 9.17) is 0 Å². The second-order valence-electron chi connectivity index (χ2n) is 13.9. The summed E-state index contributed by atoms with van der Waals surface area (Å²) < 4.78 is 0. The van der Waals surface area contributed by atoms with Gasteiger partial charge < -0.3 is 43.6 Å². The van der Waals surface area contributed by atoms with Crippen LogP contribution in [0.2, 0.25) is 5.54 Å². The van der Waals surface area contributed by atoms with E-state index in [-0.39, 0.29) is 58.9 Å². The Morgan fingerprint density at radius 1 is 0.542 bits per heavy atom. The number of benzene rings is 3. The number of hydrogen-bond donors (Lipinski definition) is 0. The van der Waals surface area contributed by atoms with Crippen LogP contribution in [-0.2, 0) is 60.2 Å². The summed E-state index contributed by atoms with van der Waals surface area (Å²) in [6.45, 7) is 14.1. The van der Waals surface area contributed by atoms with Crippen LogP contribution in [0, 0.1) is 30.1 Å². The first-order valence-electron chi connectivity index (χ1n) is 18.1. The van der Waals surface area contributed by atoms with Crippen LogP contribution in [0.15, 0.2) is 78.9 Å². The number of fused-ring (bicyclic) bond motifs is 3. The SMILES string of the molecule is CCc1cc(CC)cc([Si](c2cc(CC)cc(CC)c2)(c2cc(CC)cc(CC)c2)C2C3C=CC=CC3C3CCC[CH-]C32)c1.[Cl-].[Cl-].[Cl-].[Ti+4]. The maximum absolute atomic E-state index is 2.82. The molecule has 0 N–H and O–H groups in total. The second-order valence-corrected chi connectivity index (χ2v) is 17.9. The van der Waals surface area contributed by atoms with Crippen LogP contribution in [0.5, 0.6) is 0 Å². The summed E-state index contributed by atoms with van der Waals surface area (Å²) in [6, 6.07) is 23.6. The van der Waals surface area contributed by atoms with Gasteiger partial charge in [-0.25, -0.2) is 0 Å². The Hall–Kier alpha value is -1.06. The molecule has 3 aliphatic carbocycles. The van der Waals surface area contributed by atoms with Gasteiger partial charge in [-0.15, -0.1) is 0 Å². The van der Waals surface area contributed by atoms with Gasteiger partial charge in [-0.05, 0) is 99.3 Å². The van der Waals surface area contributed by atoms with Crippen LogP contribution >= 0.6 is 0 Å². The Kier molecular flexibility index (Phi) is 17.0. The van der Waals surface area contributed by atoms with Crippen LogP contribution < -0.4 is 52.8 Å². The van der Waals surface area contributed by atoms with Crippen molar-refractivity contribution in [2.75, 3.05) is 0 Å². The maximum Gasteiger partial charge on any atom is 4.00 e. The van der Waals surface area contributed by atoms with Gasteiger partial charge in [0.05, 0.1) is 0 Å². The van der Waals surface area contributed by atoms with Crippen molar-refractivity contribution in [3.05, 3.63) is 119 Å². The van der Waals surface area contributed by atoms with Gasteiger partial charge in [-0.2, -0.15) is 12.3 Å². The van der Waals surface area contributed by atoms with Crippen molar-refractivity contribution >= 4 is 23.6 Å². The van der Waals surface area contributed by atoms with Gasteiger partial charge in [0, 0.05) is 0 Å². The molecule has 0 saturated heterocycles. The third-order valence-electron chi connectivity index (χ3n) is 11.7. The molecule has 3 aromatic carbocycles. The van der Waals surface area contributed by atoms with Crippen molar-refractivity contribution < 1.29 is 58.9 Å². The average Bonchev–Trinajstić information content (AvgIpc) is 3.42. The monoisotopic (exact) mass is 752 g/mol. The van der Waals surface area contributed by atoms with Crippen molar-refractivity contribution in [3.63, 3.8) is 0 Å². The Morgan fingerprint density at radius 3 is 1.25 bits per heavy atom. The predicted molar refractivity (Wildman–Crippen MR) is 194 cm³/mol. The van der Waals surface area contributed by atoms with Crippen LogP contribution in [0.3, 0.4) is 0 Å². The molecule has 5 unspecified atom stereocenters. The summed E-state index contributed by atoms with van der Waals surface area (Å²) in [4.78, 5) is 0. The van der Waals surface area contributed by atoms with E-state index in [0.717, 1.165) is 44.4 Å². The van der Waals surface area contributed by atoms with Gasteiger partial charge in [-0.3, -0.25) is 0 Å². The fourth-order valence-electron chi connectivity index (χ4n) is 9.43. The van der Waals surface area contributed by atoms with E-state index in [1.165, 1.54) is 52.6 Å². The predicted octanol–water partition coefficient (Wildman–Crippen LogP) is -0.0965. The molecule has 6 rings (SSSR count). The molecule has 3 aromatic rings. The van der Waals surface area contributed by atoms with Crippen LogP contribution in [-0.4, -0.2) is 8.07 Å². The van der Waals surface area contributed by atoms with Gasteiger partial charge in [0.1, 0.15) is 8.07 Å². The molecule has 48 heavy (non-hydrogen) atoms. The van der Waals surface area contributed by atoms with Crippen LogP contribution in [0.1, 0.15) is 94.2 Å². The van der Waals surface area contributed by atoms with Crippen molar-refractivity contribution in [3.8, 4) is 0 Å². The zero-order valence-electron chi connectivity index (χ0n) is 30.0. The molecule has 2 fully saturated rings. The second kappa shape index (κ2) is 19.0. The standard InChI is InChI=1S/C43H55Si.3ClH.Ti/c1-7-30-21-31(8-2)25-36(24-30)44(37-26-32(9-3)22-33(10-4)27-37,38-28-34(11-5)23-35(12-6)29-38)43-41-19-15-13-17-39(41)40-18-14-16-20-42(40)43;;;;/h13,15,17,19-29,39-43H,7-12,14,16,18H2,1-6H3;3*1H;/q-1;;;;+4/p-3. The van der Waals surface area contributed by atoms with Gasteiger partial charge >= 0.3 is 21.7 Å². The molecule has 3 aliphatic rings. The third kappa shape index (κ3) is 7.88. The summed E-state index contributed by atoms with van der Waals surface area (Å²) in [7, 11) is -2.61. The molecule has 0 nitrogen and oxygen atoms in total. The fraction of sp³-hybridized carbons (Fsp3) is 0.465. The van der Waals surface area contributed by atoms with E-state index in [0.29, 0.717) is 23.3 Å². The van der Waals surface area contributed by atoms with Gasteiger partial charge in [0.15, 0.2) is 0 Å². The van der Waals surface area contributed by atoms with Crippen LogP contribution in [0.25, 0.3) is 0 Å². The summed E-state index contributed by atoms with van der Waals surface area (Å²) in [6.07, 6.45) is 23.4. The molecule has 5 heteroatoms. The normalized spacial score (nSPS) is 22.3. The quantitative estimate of drug-likeness (QED) is 0.155. The van der Waals surface area contributed by atoms with E-state index in [1.807, 2.05) is 0 Å². The van der Waals surface area contributed by atoms with Gasteiger partial charge in [-0.1, -0.05) is 145 Å². The van der Waals surface area contributed by atoms with Gasteiger partial charge in [0.2, 0.25) is 0 Å². The summed E-state index contributed by atoms with van der Waals surface area (Å²) in [5.41, 5.74) is 9.68. The summed E-state index contributed by atoms with van der Waals surface area (Å²) >= 11 is 0. The molecule has 0 amide bonds. The van der Waals surface area contributed by atoms with E-state index in [2.05, 4.69) is 127 Å². The first-order valence-corrected chi connectivity index (χ1v) is 20.2. The maximum atomic E-state index is 2.82. The number of aryl methyl sites for hydroxylation is 6. The zero-order chi connectivity index (χ0) is 30.8. The van der Waals surface area contributed by atoms with Crippen molar-refractivity contribution in [1.29, 1.82) is 0 Å². The molecular weight excluding hydrogens is 699 g/mol. The van der Waals surface area contributed by atoms with Crippen molar-refractivity contribution in [2.24, 2.45) is 23.7 Å². The summed E-state index contributed by atoms with van der Waals surface area (Å²) in [5, 5.41) is 5.02. The molecule has 2 saturated carbocycles. The fourth-order valence-corrected chi connectivity index (χ4v) is 15.9. The third-order valence-corrected chi connectivity index (χ3v) is 17.1. The Morgan fingerprint density at radius 2 is 0.896 bits per heavy atom. The Balaban J connectivity index is 0.00000200. The zero-order valence-corrected chi connectivity index (χ0v) is 34.8. The Bertz CT molecular complexity index is 1340. The molecular formula is C43H55Cl3SiTi. The molecule has 256 valence electrons. The molecule has 0 aliphatic heterocycles. The minimum atomic E-state index is -2.61. The largest absolute Gasteiger partial charge is 4.00 e. The minimum absolute atomic E-state index is 0. The number of halogens is 3. The number of allylic oxidation sites excluding steroid dienone is 4. The molecule has 0 heterocycles. The van der Waals surface area contributed by atoms with E-state index < -0.39 is 8.07 Å². The van der Waals surface area contributed by atoms with E-state index in [9.17, 15) is 0 Å². The molecule has 5 atom stereocenters. The van der Waals surface area contributed by atoms with E-state index in [1.54, 1.807) is 15.6 Å². The number of rotatable bonds is 10. The van der Waals surface area contributed by atoms with E-state index >= 15 is 0 Å². The molecule has 0 radical (unpaired) electrons. The topological polar surface area (TPSA) is 0 Å². The van der Waals surface area contributed by atoms with Gasteiger partial charge in [0.25, 0.3) is 0 Å². The van der Waals surface area contributed by atoms with Crippen LogP contribution in [0.4, 0.5) is 0 Å². The number of hydrogen-bond acceptors (Lipinski definition) is 0. The average molecular weight is 754 g/mol. The Labute approximate surface area is 327 Å². The molecule has 0 spiro atoms. The smallest absolute Gasteiger partial charge is 1.00 e. The first kappa shape index (κ1) is 43.1. The molecule has 0 aromatic heterocycles. The summed E-state index contributed by atoms with van der Waals surface area (Å²) in [5.74, 6) is 2.64. The van der Waals surface area contributed by atoms with Crippen molar-refractivity contribution in [2.45, 2.75) is 105 Å².